The maximum absolute atomic E-state index is 13.2. The van der Waals surface area contributed by atoms with Crippen molar-refractivity contribution in [3.8, 4) is 0 Å². The number of carboxylic acids is 3. The first-order valence-electron chi connectivity index (χ1n) is 26.9. The summed E-state index contributed by atoms with van der Waals surface area (Å²) in [6, 6.07) is -8.77. The number of aliphatic hydroxyl groups excluding tert-OH is 7. The predicted molar refractivity (Wildman–Crippen MR) is 299 cm³/mol. The molecule has 105 heavy (non-hydrogen) atoms. The summed E-state index contributed by atoms with van der Waals surface area (Å²) in [4.78, 5) is 38.0. The Morgan fingerprint density at radius 1 is 0.352 bits per heavy atom. The Labute approximate surface area is 585 Å². The third-order valence-corrected chi connectivity index (χ3v) is 18.5. The van der Waals surface area contributed by atoms with Crippen LogP contribution in [0.15, 0.2) is 11.8 Å². The second kappa shape index (κ2) is 34.0. The van der Waals surface area contributed by atoms with Crippen LogP contribution in [-0.2, 0) is 185 Å². The van der Waals surface area contributed by atoms with E-state index in [1.165, 1.54) is 4.72 Å². The van der Waals surface area contributed by atoms with Crippen LogP contribution in [0.2, 0.25) is 0 Å². The molecule has 6 heterocycles. The molecule has 69 heteroatoms. The van der Waals surface area contributed by atoms with Crippen molar-refractivity contribution in [1.29, 1.82) is 0 Å². The fourth-order valence-corrected chi connectivity index (χ4v) is 14.4. The van der Waals surface area contributed by atoms with Crippen LogP contribution in [-0.4, -0.2) is 377 Å². The molecular weight excluding hydrogens is 1670 g/mol. The van der Waals surface area contributed by atoms with Gasteiger partial charge in [0.2, 0.25) is 12.0 Å². The minimum Gasteiger partial charge on any atom is -0.479 e. The first-order chi connectivity index (χ1) is 47.5. The first-order valence-corrected chi connectivity index (χ1v) is 39.5. The van der Waals surface area contributed by atoms with E-state index >= 15 is 0 Å². The molecule has 0 amide bonds. The van der Waals surface area contributed by atoms with E-state index in [4.69, 9.17) is 52.1 Å². The summed E-state index contributed by atoms with van der Waals surface area (Å²) >= 11 is 0. The Hall–Kier alpha value is -3.90. The van der Waals surface area contributed by atoms with Crippen molar-refractivity contribution in [1.82, 2.24) is 14.2 Å². The maximum atomic E-state index is 13.2. The van der Waals surface area contributed by atoms with Crippen LogP contribution in [0.3, 0.4) is 0 Å². The molecule has 28 atom stereocenters. The quantitative estimate of drug-likeness (QED) is 0.0266. The molecule has 0 bridgehead atoms. The monoisotopic (exact) mass is 1730 g/mol. The summed E-state index contributed by atoms with van der Waals surface area (Å²) in [6.07, 6.45) is -75.9. The van der Waals surface area contributed by atoms with Gasteiger partial charge in [-0.25, -0.2) is 39.5 Å². The lowest BCUT2D eigenvalue weighted by molar-refractivity contribution is -0.374. The molecule has 612 valence electrons. The third-order valence-electron chi connectivity index (χ3n) is 14.1. The number of carboxylic acid groups (broad SMARTS) is 3. The van der Waals surface area contributed by atoms with Crippen molar-refractivity contribution >= 4 is 111 Å². The van der Waals surface area contributed by atoms with Gasteiger partial charge in [-0.15, -0.1) is 0 Å². The number of hydrogen-bond donors (Lipinski definition) is 22. The maximum Gasteiger partial charge on any atom is 0.397 e. The van der Waals surface area contributed by atoms with Crippen LogP contribution >= 0.6 is 0 Å². The third kappa shape index (κ3) is 26.1. The van der Waals surface area contributed by atoms with Gasteiger partial charge in [-0.2, -0.15) is 89.9 Å². The Morgan fingerprint density at radius 3 is 0.952 bits per heavy atom. The van der Waals surface area contributed by atoms with Crippen molar-refractivity contribution in [3.63, 3.8) is 0 Å². The zero-order valence-electron chi connectivity index (χ0n) is 50.0. The van der Waals surface area contributed by atoms with E-state index in [0.717, 1.165) is 9.44 Å². The molecule has 5 saturated heterocycles. The van der Waals surface area contributed by atoms with E-state index in [9.17, 15) is 182 Å². The van der Waals surface area contributed by atoms with Crippen LogP contribution in [0.25, 0.3) is 0 Å². The minimum atomic E-state index is -6.33. The molecule has 0 aromatic rings. The molecule has 0 aromatic carbocycles. The van der Waals surface area contributed by atoms with Crippen molar-refractivity contribution in [2.75, 3.05) is 19.8 Å². The standard InChI is InChI=1S/C36H57N3O57S9/c40-5-1-6(28(46)47)84-34(18(5)94-103(71,72)73)87-20-8(3-81-101(65,66)67)85-32(11(14(20)42)38-98(56,57)58)90-23-17(45)25(96-105(77,78)79)36(93-27(23)30(50)51)89-21-9(4-82-102(68,69)70)86-33(12(15(21)43)39-99(59,60)61)91-22-16(44)24(95-104(74,75)76)35(92-26(22)29(48)49)88-19-7(2-80-100(62,63)64)83-31(52)10(13(19)41)37-97(53,54)55/h1,5,7-27,31-45,52H,2-4H2,(H,46,47)(H,48,49)(H,50,51)(H,53,54,55)(H,56,57,58)(H,59,60,61)(H,62,63,64)(H,65,66,67)(H,68,69,70)(H,71,72,73)(H,74,75,76)(H,77,78,79)/t5-,7+,8+,9+,10+,11+,12+,13+,14+,15+,16-,17-,18+,19+,20+,21+,22-,23-,24+,25+,26+,27+,31?,32+,33+,34-,35+,36+/m0/s1. The fraction of sp³-hybridized carbons (Fsp3) is 0.861. The second-order valence-electron chi connectivity index (χ2n) is 21.4. The smallest absolute Gasteiger partial charge is 0.397 e. The van der Waals surface area contributed by atoms with Crippen LogP contribution in [0, 0.1) is 0 Å². The number of aliphatic hydroxyl groups is 7. The fourth-order valence-electron chi connectivity index (χ4n) is 10.2. The van der Waals surface area contributed by atoms with Gasteiger partial charge in [-0.3, -0.25) is 41.0 Å². The van der Waals surface area contributed by atoms with Gasteiger partial charge in [0, 0.05) is 0 Å². The normalized spacial score (nSPS) is 38.1. The number of nitrogens with one attached hydrogen (secondary N) is 3. The summed E-state index contributed by atoms with van der Waals surface area (Å²) in [7, 11) is -53.4. The molecule has 0 spiro atoms. The summed E-state index contributed by atoms with van der Waals surface area (Å²) in [5.41, 5.74) is 0. The predicted octanol–water partition coefficient (Wildman–Crippen LogP) is -15.5. The molecule has 0 radical (unpaired) electrons. The van der Waals surface area contributed by atoms with Gasteiger partial charge in [-0.1, -0.05) is 0 Å². The molecule has 6 aliphatic heterocycles. The average Bonchev–Trinajstić information content (AvgIpc) is 0.763. The van der Waals surface area contributed by atoms with Gasteiger partial charge in [0.05, 0.1) is 19.8 Å². The van der Waals surface area contributed by atoms with E-state index in [1.54, 1.807) is 0 Å². The van der Waals surface area contributed by atoms with E-state index in [2.05, 4.69) is 25.1 Å². The van der Waals surface area contributed by atoms with Crippen molar-refractivity contribution in [3.05, 3.63) is 11.8 Å². The minimum absolute atomic E-state index is 0.198. The number of rotatable bonds is 34. The van der Waals surface area contributed by atoms with Gasteiger partial charge in [0.25, 0.3) is 0 Å². The van der Waals surface area contributed by atoms with Crippen LogP contribution in [0.5, 0.6) is 0 Å². The molecule has 22 N–H and O–H groups in total. The van der Waals surface area contributed by atoms with E-state index in [0.29, 0.717) is 0 Å². The molecule has 0 saturated carbocycles. The summed E-state index contributed by atoms with van der Waals surface area (Å²) in [6.45, 7) is -5.55. The second-order valence-corrected chi connectivity index (χ2v) is 31.4. The number of aliphatic carboxylic acids is 3. The number of ether oxygens (including phenoxy) is 11. The summed E-state index contributed by atoms with van der Waals surface area (Å²) < 4.78 is 391. The number of carbonyl (C=O) groups is 3. The Morgan fingerprint density at radius 2 is 0.648 bits per heavy atom. The summed E-state index contributed by atoms with van der Waals surface area (Å²) in [5, 5.41) is 110. The SMILES string of the molecule is O=C(O)C1=C[C@H](O)[C@@H](OS(=O)(=O)O)[C@H](O[C@H]2[C@H](O)[C@@H](NS(=O)(=O)O)[C@@H](O[C@H]3[C@H](O)[C@@H](OS(=O)(=O)O)[C@H](O[C@H]4[C@H](O)[C@@H](NS(=O)(=O)O)[C@@H](O[C@H]5[C@H](O)[C@@H](OS(=O)(=O)O)[C@H](O[C@H]6[C@H](O)[C@@H](NS(=O)(=O)O)C(O)O[C@@H]6COS(=O)(=O)O)O[C@H]5C(=O)O)O[C@@H]4COS(=O)(=O)O)O[C@H]3C(=O)O)O[C@@H]2COS(=O)(=O)O)O1. The highest BCUT2D eigenvalue weighted by molar-refractivity contribution is 7.84. The van der Waals surface area contributed by atoms with E-state index in [-0.39, 0.29) is 6.08 Å². The molecule has 5 fully saturated rings. The lowest BCUT2D eigenvalue weighted by atomic mass is 9.94. The van der Waals surface area contributed by atoms with Gasteiger partial charge in [0.15, 0.2) is 62.0 Å². The lowest BCUT2D eigenvalue weighted by Gasteiger charge is -2.50. The van der Waals surface area contributed by atoms with Gasteiger partial charge < -0.3 is 103 Å². The van der Waals surface area contributed by atoms with Gasteiger partial charge in [0.1, 0.15) is 104 Å². The van der Waals surface area contributed by atoms with Crippen molar-refractivity contribution in [2.45, 2.75) is 172 Å². The average molecular weight is 1730 g/mol. The van der Waals surface area contributed by atoms with Gasteiger partial charge >= 0.3 is 111 Å². The van der Waals surface area contributed by atoms with Crippen molar-refractivity contribution < 1.29 is 259 Å². The number of hydrogen-bond acceptors (Lipinski definition) is 45. The highest BCUT2D eigenvalue weighted by atomic mass is 32.3. The molecule has 6 rings (SSSR count). The van der Waals surface area contributed by atoms with E-state index < -0.39 is 309 Å². The Balaban J connectivity index is 1.41. The zero-order valence-corrected chi connectivity index (χ0v) is 57.4. The molecule has 1 unspecified atom stereocenters. The Bertz CT molecular complexity index is 4220. The van der Waals surface area contributed by atoms with Crippen molar-refractivity contribution in [2.24, 2.45) is 0 Å². The summed E-state index contributed by atoms with van der Waals surface area (Å²) in [5.74, 6) is -8.65. The highest BCUT2D eigenvalue weighted by Crippen LogP contribution is 2.39. The first kappa shape index (κ1) is 90.0. The molecule has 60 nitrogen and oxygen atoms in total. The van der Waals surface area contributed by atoms with Crippen LogP contribution in [0.1, 0.15) is 0 Å². The highest BCUT2D eigenvalue weighted by Gasteiger charge is 2.62. The largest absolute Gasteiger partial charge is 0.479 e. The van der Waals surface area contributed by atoms with Crippen LogP contribution < -0.4 is 14.2 Å². The molecule has 0 aromatic heterocycles. The van der Waals surface area contributed by atoms with E-state index in [1.807, 2.05) is 0 Å². The van der Waals surface area contributed by atoms with Gasteiger partial charge in [-0.05, 0) is 6.08 Å². The van der Waals surface area contributed by atoms with Crippen LogP contribution in [0.4, 0.5) is 0 Å². The lowest BCUT2D eigenvalue weighted by Crippen LogP contribution is -2.71. The molecule has 0 aliphatic carbocycles. The zero-order chi connectivity index (χ0) is 79.9. The topological polar surface area (TPSA) is 936 Å². The molecular formula is C36H57N3O57S9. The molecule has 6 aliphatic rings. The Kier molecular flexibility index (Phi) is 29.1.